The van der Waals surface area contributed by atoms with Gasteiger partial charge in [-0.1, -0.05) is 24.3 Å². The highest BCUT2D eigenvalue weighted by Gasteiger charge is 2.15. The molecule has 1 radical (unpaired) electrons. The Morgan fingerprint density at radius 2 is 1.84 bits per heavy atom. The minimum Gasteiger partial charge on any atom is -0.361 e. The lowest BCUT2D eigenvalue weighted by atomic mass is 10.2. The highest BCUT2D eigenvalue weighted by Crippen LogP contribution is 2.24. The van der Waals surface area contributed by atoms with Crippen LogP contribution >= 0.6 is 0 Å². The van der Waals surface area contributed by atoms with Crippen molar-refractivity contribution in [3.8, 4) is 0 Å². The van der Waals surface area contributed by atoms with Crippen molar-refractivity contribution in [3.63, 3.8) is 0 Å². The summed E-state index contributed by atoms with van der Waals surface area (Å²) in [6.45, 7) is 0. The molecule has 0 saturated carbocycles. The summed E-state index contributed by atoms with van der Waals surface area (Å²) in [6, 6.07) is 16.5. The maximum Gasteiger partial charge on any atom is 0.261 e. The van der Waals surface area contributed by atoms with E-state index in [1.165, 1.54) is 0 Å². The highest BCUT2D eigenvalue weighted by molar-refractivity contribution is 7.92. The van der Waals surface area contributed by atoms with Crippen LogP contribution < -0.4 is 4.72 Å². The van der Waals surface area contributed by atoms with Crippen molar-refractivity contribution in [1.29, 1.82) is 0 Å². The number of H-pyrrole nitrogens is 1. The van der Waals surface area contributed by atoms with Gasteiger partial charge in [0.2, 0.25) is 0 Å². The van der Waals surface area contributed by atoms with E-state index in [9.17, 15) is 8.42 Å². The Bertz CT molecular complexity index is 808. The molecule has 0 saturated heterocycles. The first-order valence-electron chi connectivity index (χ1n) is 5.72. The SMILES string of the molecule is O=S(=O)(Nc1[c]ccc2[nH]ccc12)c1ccccc1. The molecule has 2 N–H and O–H groups in total. The molecule has 95 valence electrons. The Morgan fingerprint density at radius 1 is 1.05 bits per heavy atom. The summed E-state index contributed by atoms with van der Waals surface area (Å²) in [5.41, 5.74) is 1.31. The molecule has 0 amide bonds. The van der Waals surface area contributed by atoms with E-state index in [-0.39, 0.29) is 4.90 Å². The third-order valence-electron chi connectivity index (χ3n) is 2.82. The molecule has 5 heteroatoms. The molecular weight excluding hydrogens is 260 g/mol. The zero-order chi connectivity index (χ0) is 13.3. The van der Waals surface area contributed by atoms with Crippen molar-refractivity contribution >= 4 is 26.6 Å². The van der Waals surface area contributed by atoms with Gasteiger partial charge in [0, 0.05) is 23.2 Å². The van der Waals surface area contributed by atoms with E-state index in [1.807, 2.05) is 12.1 Å². The molecule has 0 spiro atoms. The molecule has 0 atom stereocenters. The first-order chi connectivity index (χ1) is 9.17. The fourth-order valence-corrected chi connectivity index (χ4v) is 2.97. The second-order valence-electron chi connectivity index (χ2n) is 4.08. The average Bonchev–Trinajstić information content (AvgIpc) is 2.89. The van der Waals surface area contributed by atoms with Gasteiger partial charge in [0.05, 0.1) is 10.6 Å². The van der Waals surface area contributed by atoms with Gasteiger partial charge < -0.3 is 4.98 Å². The lowest BCUT2D eigenvalue weighted by Gasteiger charge is -2.08. The summed E-state index contributed by atoms with van der Waals surface area (Å²) in [6.07, 6.45) is 1.76. The maximum absolute atomic E-state index is 12.2. The normalized spacial score (nSPS) is 11.6. The Kier molecular flexibility index (Phi) is 2.76. The number of nitrogens with one attached hydrogen (secondary N) is 2. The zero-order valence-corrected chi connectivity index (χ0v) is 10.7. The van der Waals surface area contributed by atoms with Crippen molar-refractivity contribution in [2.75, 3.05) is 4.72 Å². The molecule has 4 nitrogen and oxygen atoms in total. The topological polar surface area (TPSA) is 62.0 Å². The second kappa shape index (κ2) is 4.44. The van der Waals surface area contributed by atoms with E-state index >= 15 is 0 Å². The predicted octanol–water partition coefficient (Wildman–Crippen LogP) is 2.77. The minimum absolute atomic E-state index is 0.232. The first-order valence-corrected chi connectivity index (χ1v) is 7.21. The second-order valence-corrected chi connectivity index (χ2v) is 5.76. The Labute approximate surface area is 111 Å². The smallest absolute Gasteiger partial charge is 0.261 e. The molecule has 19 heavy (non-hydrogen) atoms. The van der Waals surface area contributed by atoms with Gasteiger partial charge in [-0.3, -0.25) is 4.72 Å². The lowest BCUT2D eigenvalue weighted by Crippen LogP contribution is -2.12. The number of hydrogen-bond acceptors (Lipinski definition) is 2. The fraction of sp³-hybridized carbons (Fsp3) is 0. The lowest BCUT2D eigenvalue weighted by molar-refractivity contribution is 0.601. The van der Waals surface area contributed by atoms with Crippen molar-refractivity contribution in [1.82, 2.24) is 4.98 Å². The van der Waals surface area contributed by atoms with E-state index < -0.39 is 10.0 Å². The molecule has 0 bridgehead atoms. The number of fused-ring (bicyclic) bond motifs is 1. The molecule has 0 unspecified atom stereocenters. The Hall–Kier alpha value is -2.27. The highest BCUT2D eigenvalue weighted by atomic mass is 32.2. The number of rotatable bonds is 3. The molecule has 3 aromatic rings. The summed E-state index contributed by atoms with van der Waals surface area (Å²) < 4.78 is 27.0. The Morgan fingerprint density at radius 3 is 2.63 bits per heavy atom. The third kappa shape index (κ3) is 2.20. The van der Waals surface area contributed by atoms with Gasteiger partial charge in [-0.15, -0.1) is 0 Å². The van der Waals surface area contributed by atoms with Gasteiger partial charge in [0.1, 0.15) is 0 Å². The third-order valence-corrected chi connectivity index (χ3v) is 4.18. The summed E-state index contributed by atoms with van der Waals surface area (Å²) >= 11 is 0. The summed E-state index contributed by atoms with van der Waals surface area (Å²) in [5.74, 6) is 0. The van der Waals surface area contributed by atoms with Crippen LogP contribution in [-0.2, 0) is 10.0 Å². The van der Waals surface area contributed by atoms with Gasteiger partial charge in [0.15, 0.2) is 0 Å². The van der Waals surface area contributed by atoms with Crippen molar-refractivity contribution in [2.24, 2.45) is 0 Å². The quantitative estimate of drug-likeness (QED) is 0.769. The standard InChI is InChI=1S/C14H11N2O2S/c17-19(18,11-5-2-1-3-6-11)16-14-8-4-7-13-12(14)9-10-15-13/h1-7,9-10,15-16H. The van der Waals surface area contributed by atoms with Crippen LogP contribution in [0.1, 0.15) is 0 Å². The number of aromatic amines is 1. The fourth-order valence-electron chi connectivity index (χ4n) is 1.90. The minimum atomic E-state index is -3.58. The zero-order valence-electron chi connectivity index (χ0n) is 9.92. The van der Waals surface area contributed by atoms with Crippen LogP contribution in [0.5, 0.6) is 0 Å². The molecule has 0 fully saturated rings. The van der Waals surface area contributed by atoms with Gasteiger partial charge >= 0.3 is 0 Å². The number of sulfonamides is 1. The number of hydrogen-bond donors (Lipinski definition) is 2. The maximum atomic E-state index is 12.2. The number of benzene rings is 2. The van der Waals surface area contributed by atoms with Crippen molar-refractivity contribution in [3.05, 3.63) is 60.8 Å². The number of anilines is 1. The monoisotopic (exact) mass is 271 g/mol. The van der Waals surface area contributed by atoms with Crippen LogP contribution in [0, 0.1) is 6.07 Å². The summed E-state index contributed by atoms with van der Waals surface area (Å²) in [7, 11) is -3.58. The van der Waals surface area contributed by atoms with E-state index in [1.54, 1.807) is 42.6 Å². The van der Waals surface area contributed by atoms with E-state index in [2.05, 4.69) is 15.8 Å². The Balaban J connectivity index is 2.04. The molecular formula is C14H11N2O2S. The molecule has 2 aromatic carbocycles. The predicted molar refractivity (Wildman–Crippen MR) is 74.4 cm³/mol. The summed E-state index contributed by atoms with van der Waals surface area (Å²) in [5, 5.41) is 0.794. The average molecular weight is 271 g/mol. The molecule has 3 rings (SSSR count). The molecule has 0 aliphatic heterocycles. The van der Waals surface area contributed by atoms with Gasteiger partial charge in [-0.25, -0.2) is 8.42 Å². The molecule has 0 aliphatic carbocycles. The molecule has 1 aromatic heterocycles. The van der Waals surface area contributed by atoms with E-state index in [0.717, 1.165) is 10.9 Å². The van der Waals surface area contributed by atoms with Crippen LogP contribution in [0.2, 0.25) is 0 Å². The van der Waals surface area contributed by atoms with Gasteiger partial charge in [-0.05, 0) is 24.3 Å². The van der Waals surface area contributed by atoms with Crippen LogP contribution in [0.15, 0.2) is 59.6 Å². The summed E-state index contributed by atoms with van der Waals surface area (Å²) in [4.78, 5) is 3.26. The molecule has 0 aliphatic rings. The van der Waals surface area contributed by atoms with Crippen LogP contribution in [0.3, 0.4) is 0 Å². The largest absolute Gasteiger partial charge is 0.361 e. The van der Waals surface area contributed by atoms with Gasteiger partial charge in [0.25, 0.3) is 10.0 Å². The van der Waals surface area contributed by atoms with Crippen LogP contribution in [-0.4, -0.2) is 13.4 Å². The number of aromatic nitrogens is 1. The van der Waals surface area contributed by atoms with Crippen molar-refractivity contribution in [2.45, 2.75) is 4.90 Å². The van der Waals surface area contributed by atoms with E-state index in [4.69, 9.17) is 0 Å². The van der Waals surface area contributed by atoms with Gasteiger partial charge in [-0.2, -0.15) is 0 Å². The van der Waals surface area contributed by atoms with E-state index in [0.29, 0.717) is 5.69 Å². The van der Waals surface area contributed by atoms with Crippen LogP contribution in [0.4, 0.5) is 5.69 Å². The first kappa shape index (κ1) is 11.8. The van der Waals surface area contributed by atoms with Crippen molar-refractivity contribution < 1.29 is 8.42 Å². The molecule has 1 heterocycles. The van der Waals surface area contributed by atoms with Crippen LogP contribution in [0.25, 0.3) is 10.9 Å².